The number of carboxylic acids is 2. The van der Waals surface area contributed by atoms with Crippen molar-refractivity contribution in [2.45, 2.75) is 24.3 Å². The minimum absolute atomic E-state index is 0.0594. The number of aliphatic carboxylic acids is 2. The molecule has 2 aliphatic heterocycles. The van der Waals surface area contributed by atoms with E-state index < -0.39 is 30.1 Å². The lowest BCUT2D eigenvalue weighted by atomic mass is 9.92. The maximum Gasteiger partial charge on any atom is 0.490 e. The topological polar surface area (TPSA) is 139 Å². The molecule has 0 spiro atoms. The second-order valence-electron chi connectivity index (χ2n) is 11.1. The number of aromatic hydroxyl groups is 1. The zero-order valence-corrected chi connectivity index (χ0v) is 25.8. The number of rotatable bonds is 4. The first-order valence-electron chi connectivity index (χ1n) is 13.9. The zero-order chi connectivity index (χ0) is 35.7. The van der Waals surface area contributed by atoms with Gasteiger partial charge in [0.1, 0.15) is 11.3 Å². The number of nitrogens with zero attached hydrogens (tertiary/aromatic N) is 4. The fourth-order valence-corrected chi connectivity index (χ4v) is 5.13. The van der Waals surface area contributed by atoms with E-state index in [-0.39, 0.29) is 27.8 Å². The number of phenolic OH excluding ortho intramolecular Hbond substituents is 1. The first kappa shape index (κ1) is 36.4. The average Bonchev–Trinajstić information content (AvgIpc) is 2.91. The van der Waals surface area contributed by atoms with Gasteiger partial charge in [-0.15, -0.1) is 0 Å². The van der Waals surface area contributed by atoms with Gasteiger partial charge in [-0.2, -0.15) is 26.3 Å². The van der Waals surface area contributed by atoms with Crippen LogP contribution in [0, 0.1) is 5.82 Å². The maximum atomic E-state index is 16.3. The molecular weight excluding hydrogens is 679 g/mol. The monoisotopic (exact) mass is 705 g/mol. The summed E-state index contributed by atoms with van der Waals surface area (Å²) >= 11 is 6.72. The van der Waals surface area contributed by atoms with Crippen LogP contribution >= 0.6 is 11.6 Å². The van der Waals surface area contributed by atoms with E-state index in [0.29, 0.717) is 22.9 Å². The standard InChI is InChI=1S/C26H25ClFN5O.2C2HF3O2/c1-32(2)16-12-33(13-16)26-30-24(15-10-29-11-15)20-9-21(27)22(23(28)25(20)31-26)19-8-17(34)7-14-5-3-4-6-18(14)19;2*3-2(4,5)1(6)7/h3-9,15-16,29,34H,10-13H2,1-2H3;2*(H,6,7). The molecule has 0 amide bonds. The Balaban J connectivity index is 0.000000314. The van der Waals surface area contributed by atoms with Crippen molar-refractivity contribution in [2.24, 2.45) is 0 Å². The van der Waals surface area contributed by atoms with Crippen LogP contribution in [0.5, 0.6) is 5.75 Å². The van der Waals surface area contributed by atoms with Crippen LogP contribution in [0.2, 0.25) is 5.02 Å². The summed E-state index contributed by atoms with van der Waals surface area (Å²) in [6, 6.07) is 13.0. The normalized spacial score (nSPS) is 15.3. The van der Waals surface area contributed by atoms with Crippen molar-refractivity contribution >= 4 is 51.2 Å². The van der Waals surface area contributed by atoms with Gasteiger partial charge in [0.05, 0.1) is 10.7 Å². The van der Waals surface area contributed by atoms with Crippen LogP contribution < -0.4 is 10.2 Å². The maximum absolute atomic E-state index is 16.3. The third-order valence-electron chi connectivity index (χ3n) is 7.55. The number of benzene rings is 3. The molecule has 1 aromatic heterocycles. The molecular formula is C30H27ClF7N5O5. The Hall–Kier alpha value is -4.48. The highest BCUT2D eigenvalue weighted by atomic mass is 35.5. The van der Waals surface area contributed by atoms with Crippen LogP contribution in [0.1, 0.15) is 11.6 Å². The molecule has 10 nitrogen and oxygen atoms in total. The highest BCUT2D eigenvalue weighted by Gasteiger charge is 2.39. The van der Waals surface area contributed by atoms with Gasteiger partial charge in [-0.25, -0.2) is 23.9 Å². The molecule has 6 rings (SSSR count). The van der Waals surface area contributed by atoms with Gasteiger partial charge in [-0.1, -0.05) is 35.9 Å². The third kappa shape index (κ3) is 7.96. The van der Waals surface area contributed by atoms with Crippen molar-refractivity contribution in [3.63, 3.8) is 0 Å². The molecule has 3 aromatic carbocycles. The molecule has 4 aromatic rings. The smallest absolute Gasteiger partial charge is 0.490 e. The Morgan fingerprint density at radius 3 is 2.00 bits per heavy atom. The van der Waals surface area contributed by atoms with Crippen LogP contribution in [-0.2, 0) is 9.59 Å². The minimum Gasteiger partial charge on any atom is -0.508 e. The Morgan fingerprint density at radius 2 is 1.50 bits per heavy atom. The van der Waals surface area contributed by atoms with Gasteiger partial charge in [0.2, 0.25) is 5.95 Å². The molecule has 2 saturated heterocycles. The van der Waals surface area contributed by atoms with Crippen LogP contribution in [0.25, 0.3) is 32.8 Å². The van der Waals surface area contributed by atoms with Crippen LogP contribution in [0.15, 0.2) is 42.5 Å². The summed E-state index contributed by atoms with van der Waals surface area (Å²) in [5.41, 5.74) is 1.90. The van der Waals surface area contributed by atoms with Crippen molar-refractivity contribution in [3.8, 4) is 16.9 Å². The first-order valence-corrected chi connectivity index (χ1v) is 14.3. The lowest BCUT2D eigenvalue weighted by Gasteiger charge is -2.43. The molecule has 0 atom stereocenters. The molecule has 0 unspecified atom stereocenters. The van der Waals surface area contributed by atoms with E-state index in [9.17, 15) is 31.4 Å². The third-order valence-corrected chi connectivity index (χ3v) is 7.84. The fourth-order valence-electron chi connectivity index (χ4n) is 4.83. The molecule has 2 fully saturated rings. The van der Waals surface area contributed by atoms with E-state index in [1.807, 2.05) is 24.3 Å². The number of aromatic nitrogens is 2. The summed E-state index contributed by atoms with van der Waals surface area (Å²) in [6.07, 6.45) is -10.2. The molecule has 0 saturated carbocycles. The Kier molecular flexibility index (Phi) is 10.6. The van der Waals surface area contributed by atoms with Crippen molar-refractivity contribution in [2.75, 3.05) is 45.2 Å². The van der Waals surface area contributed by atoms with Gasteiger partial charge < -0.3 is 30.4 Å². The fraction of sp³-hybridized carbons (Fsp3) is 0.333. The number of hydrogen-bond acceptors (Lipinski definition) is 8. The average molecular weight is 706 g/mol. The van der Waals surface area contributed by atoms with E-state index >= 15 is 4.39 Å². The molecule has 3 heterocycles. The molecule has 4 N–H and O–H groups in total. The molecule has 0 aliphatic carbocycles. The number of anilines is 1. The summed E-state index contributed by atoms with van der Waals surface area (Å²) in [4.78, 5) is 31.6. The van der Waals surface area contributed by atoms with Crippen molar-refractivity contribution in [3.05, 3.63) is 59.0 Å². The second-order valence-corrected chi connectivity index (χ2v) is 11.5. The van der Waals surface area contributed by atoms with Crippen LogP contribution in [0.4, 0.5) is 36.7 Å². The molecule has 48 heavy (non-hydrogen) atoms. The molecule has 0 radical (unpaired) electrons. The first-order chi connectivity index (χ1) is 22.3. The summed E-state index contributed by atoms with van der Waals surface area (Å²) in [6.45, 7) is 3.20. The molecule has 258 valence electrons. The second kappa shape index (κ2) is 13.9. The Morgan fingerprint density at radius 1 is 0.938 bits per heavy atom. The summed E-state index contributed by atoms with van der Waals surface area (Å²) in [7, 11) is 4.12. The van der Waals surface area contributed by atoms with Crippen LogP contribution in [0.3, 0.4) is 0 Å². The van der Waals surface area contributed by atoms with E-state index in [4.69, 9.17) is 41.4 Å². The summed E-state index contributed by atoms with van der Waals surface area (Å²) in [5.74, 6) is -5.19. The predicted octanol–water partition coefficient (Wildman–Crippen LogP) is 5.65. The number of nitrogens with one attached hydrogen (secondary N) is 1. The van der Waals surface area contributed by atoms with Gasteiger partial charge in [-0.3, -0.25) is 0 Å². The number of phenols is 1. The van der Waals surface area contributed by atoms with Gasteiger partial charge in [-0.05, 0) is 48.6 Å². The van der Waals surface area contributed by atoms with Crippen molar-refractivity contribution < 1.29 is 55.6 Å². The van der Waals surface area contributed by atoms with Gasteiger partial charge >= 0.3 is 24.3 Å². The lowest BCUT2D eigenvalue weighted by Crippen LogP contribution is -2.58. The van der Waals surface area contributed by atoms with Gasteiger partial charge in [0.25, 0.3) is 0 Å². The van der Waals surface area contributed by atoms with Gasteiger partial charge in [0.15, 0.2) is 5.82 Å². The van der Waals surface area contributed by atoms with E-state index in [0.717, 1.165) is 42.6 Å². The van der Waals surface area contributed by atoms with E-state index in [1.165, 1.54) is 0 Å². The highest BCUT2D eigenvalue weighted by molar-refractivity contribution is 6.34. The highest BCUT2D eigenvalue weighted by Crippen LogP contribution is 2.42. The minimum atomic E-state index is -5.08. The van der Waals surface area contributed by atoms with E-state index in [2.05, 4.69) is 29.2 Å². The SMILES string of the molecule is CN(C)C1CN(c2nc(C3CNC3)c3cc(Cl)c(-c4cc(O)cc5ccccc45)c(F)c3n2)C1.O=C(O)C(F)(F)F.O=C(O)C(F)(F)F. The number of likely N-dealkylation sites (N-methyl/N-ethyl adjacent to an activating group) is 1. The lowest BCUT2D eigenvalue weighted by molar-refractivity contribution is -0.193. The van der Waals surface area contributed by atoms with Gasteiger partial charge in [0, 0.05) is 49.1 Å². The molecule has 18 heteroatoms. The molecule has 2 aliphatic rings. The quantitative estimate of drug-likeness (QED) is 0.197. The predicted molar refractivity (Wildman–Crippen MR) is 162 cm³/mol. The Bertz CT molecular complexity index is 1820. The number of fused-ring (bicyclic) bond motifs is 2. The summed E-state index contributed by atoms with van der Waals surface area (Å²) < 4.78 is 79.8. The van der Waals surface area contributed by atoms with Crippen LogP contribution in [-0.4, -0.2) is 101 Å². The molecule has 0 bridgehead atoms. The number of halogens is 8. The number of carbonyl (C=O) groups is 2. The largest absolute Gasteiger partial charge is 0.508 e. The van der Waals surface area contributed by atoms with Crippen molar-refractivity contribution in [1.29, 1.82) is 0 Å². The Labute approximate surface area is 272 Å². The number of hydrogen-bond donors (Lipinski definition) is 4. The number of alkyl halides is 6. The van der Waals surface area contributed by atoms with E-state index in [1.54, 1.807) is 18.2 Å². The van der Waals surface area contributed by atoms with Crippen molar-refractivity contribution in [1.82, 2.24) is 20.2 Å². The summed E-state index contributed by atoms with van der Waals surface area (Å²) in [5, 5.41) is 30.4. The number of carboxylic acid groups (broad SMARTS) is 2. The zero-order valence-electron chi connectivity index (χ0n) is 25.0.